The van der Waals surface area contributed by atoms with Gasteiger partial charge >= 0.3 is 0 Å². The van der Waals surface area contributed by atoms with Crippen LogP contribution in [0.5, 0.6) is 0 Å². The van der Waals surface area contributed by atoms with Gasteiger partial charge in [0.05, 0.1) is 0 Å². The molecular weight excluding hydrogens is 218 g/mol. The lowest BCUT2D eigenvalue weighted by atomic mass is 10.3. The van der Waals surface area contributed by atoms with Gasteiger partial charge in [-0.1, -0.05) is 13.8 Å². The maximum Gasteiger partial charge on any atom is 0.134 e. The first-order chi connectivity index (χ1) is 7.77. The van der Waals surface area contributed by atoms with Crippen LogP contribution in [0.1, 0.15) is 13.8 Å². The van der Waals surface area contributed by atoms with Gasteiger partial charge in [-0.05, 0) is 17.5 Å². The number of fused-ring (bicyclic) bond motifs is 1. The van der Waals surface area contributed by atoms with Crippen LogP contribution in [0.25, 0.3) is 10.1 Å². The Kier molecular flexibility index (Phi) is 3.74. The highest BCUT2D eigenvalue weighted by molar-refractivity contribution is 7.17. The summed E-state index contributed by atoms with van der Waals surface area (Å²) in [7, 11) is 0. The normalized spacial score (nSPS) is 11.2. The Labute approximate surface area is 99.9 Å². The van der Waals surface area contributed by atoms with Gasteiger partial charge in [0.15, 0.2) is 0 Å². The van der Waals surface area contributed by atoms with Crippen molar-refractivity contribution in [3.05, 3.63) is 23.7 Å². The SMILES string of the molecule is CC(C)NCCNc1nccc2sccc12. The maximum atomic E-state index is 4.36. The molecule has 0 aromatic carbocycles. The molecule has 2 N–H and O–H groups in total. The summed E-state index contributed by atoms with van der Waals surface area (Å²) < 4.78 is 1.29. The molecule has 16 heavy (non-hydrogen) atoms. The van der Waals surface area contributed by atoms with Crippen LogP contribution in [0, 0.1) is 0 Å². The first-order valence-corrected chi connectivity index (χ1v) is 6.45. The molecule has 0 saturated carbocycles. The maximum absolute atomic E-state index is 4.36. The second-order valence-corrected chi connectivity index (χ2v) is 4.98. The third-order valence-electron chi connectivity index (χ3n) is 2.35. The van der Waals surface area contributed by atoms with Crippen molar-refractivity contribution < 1.29 is 0 Å². The zero-order valence-electron chi connectivity index (χ0n) is 9.66. The average molecular weight is 235 g/mol. The minimum absolute atomic E-state index is 0.534. The Morgan fingerprint density at radius 1 is 1.31 bits per heavy atom. The molecule has 2 aromatic rings. The lowest BCUT2D eigenvalue weighted by molar-refractivity contribution is 0.602. The van der Waals surface area contributed by atoms with Crippen molar-refractivity contribution in [2.75, 3.05) is 18.4 Å². The van der Waals surface area contributed by atoms with Crippen LogP contribution in [0.15, 0.2) is 23.7 Å². The fourth-order valence-corrected chi connectivity index (χ4v) is 2.36. The van der Waals surface area contributed by atoms with Gasteiger partial charge < -0.3 is 10.6 Å². The molecule has 0 aliphatic carbocycles. The van der Waals surface area contributed by atoms with Crippen molar-refractivity contribution in [1.29, 1.82) is 0 Å². The van der Waals surface area contributed by atoms with Crippen LogP contribution in [-0.4, -0.2) is 24.1 Å². The molecule has 3 nitrogen and oxygen atoms in total. The molecule has 4 heteroatoms. The number of hydrogen-bond donors (Lipinski definition) is 2. The van der Waals surface area contributed by atoms with Gasteiger partial charge in [-0.3, -0.25) is 0 Å². The number of nitrogens with zero attached hydrogens (tertiary/aromatic N) is 1. The van der Waals surface area contributed by atoms with E-state index in [2.05, 4.69) is 47.0 Å². The van der Waals surface area contributed by atoms with Crippen molar-refractivity contribution in [3.8, 4) is 0 Å². The number of nitrogens with one attached hydrogen (secondary N) is 2. The molecule has 0 aliphatic rings. The second-order valence-electron chi connectivity index (χ2n) is 4.03. The first-order valence-electron chi connectivity index (χ1n) is 5.57. The summed E-state index contributed by atoms with van der Waals surface area (Å²) in [5.74, 6) is 0.990. The quantitative estimate of drug-likeness (QED) is 0.782. The molecule has 0 atom stereocenters. The Morgan fingerprint density at radius 2 is 2.19 bits per heavy atom. The lowest BCUT2D eigenvalue weighted by Gasteiger charge is -2.09. The molecule has 0 amide bonds. The summed E-state index contributed by atoms with van der Waals surface area (Å²) in [6.07, 6.45) is 1.86. The van der Waals surface area contributed by atoms with E-state index in [9.17, 15) is 0 Å². The summed E-state index contributed by atoms with van der Waals surface area (Å²) in [5.41, 5.74) is 0. The van der Waals surface area contributed by atoms with Gasteiger partial charge in [0.2, 0.25) is 0 Å². The number of anilines is 1. The van der Waals surface area contributed by atoms with Gasteiger partial charge in [0.25, 0.3) is 0 Å². The van der Waals surface area contributed by atoms with Gasteiger partial charge in [0, 0.05) is 35.4 Å². The third kappa shape index (κ3) is 2.71. The summed E-state index contributed by atoms with van der Waals surface area (Å²) in [4.78, 5) is 4.36. The third-order valence-corrected chi connectivity index (χ3v) is 3.23. The molecule has 0 saturated heterocycles. The number of hydrogen-bond acceptors (Lipinski definition) is 4. The van der Waals surface area contributed by atoms with Crippen molar-refractivity contribution in [2.24, 2.45) is 0 Å². The molecule has 0 unspecified atom stereocenters. The fraction of sp³-hybridized carbons (Fsp3) is 0.417. The Hall–Kier alpha value is -1.13. The summed E-state index contributed by atoms with van der Waals surface area (Å²) in [5, 5.41) is 10.1. The minimum Gasteiger partial charge on any atom is -0.368 e. The Balaban J connectivity index is 1.96. The molecule has 0 radical (unpaired) electrons. The van der Waals surface area contributed by atoms with Gasteiger partial charge in [0.1, 0.15) is 5.82 Å². The van der Waals surface area contributed by atoms with E-state index in [1.54, 1.807) is 11.3 Å². The largest absolute Gasteiger partial charge is 0.368 e. The van der Waals surface area contributed by atoms with Crippen molar-refractivity contribution in [2.45, 2.75) is 19.9 Å². The molecule has 86 valence electrons. The average Bonchev–Trinajstić information content (AvgIpc) is 2.72. The summed E-state index contributed by atoms with van der Waals surface area (Å²) in [6, 6.07) is 4.70. The van der Waals surface area contributed by atoms with E-state index in [1.807, 2.05) is 6.20 Å². The van der Waals surface area contributed by atoms with E-state index in [0.29, 0.717) is 6.04 Å². The molecular formula is C12H17N3S. The fourth-order valence-electron chi connectivity index (χ4n) is 1.58. The lowest BCUT2D eigenvalue weighted by Crippen LogP contribution is -2.28. The van der Waals surface area contributed by atoms with Gasteiger partial charge in [-0.25, -0.2) is 4.98 Å². The Bertz CT molecular complexity index is 450. The highest BCUT2D eigenvalue weighted by Crippen LogP contribution is 2.25. The predicted octanol–water partition coefficient (Wildman–Crippen LogP) is 2.71. The number of aromatic nitrogens is 1. The van der Waals surface area contributed by atoms with E-state index >= 15 is 0 Å². The van der Waals surface area contributed by atoms with E-state index < -0.39 is 0 Å². The van der Waals surface area contributed by atoms with E-state index in [-0.39, 0.29) is 0 Å². The molecule has 2 rings (SSSR count). The molecule has 0 bridgehead atoms. The van der Waals surface area contributed by atoms with E-state index in [1.165, 1.54) is 10.1 Å². The molecule has 0 fully saturated rings. The molecule has 2 heterocycles. The van der Waals surface area contributed by atoms with E-state index in [0.717, 1.165) is 18.9 Å². The standard InChI is InChI=1S/C12H17N3S/c1-9(2)13-6-7-15-12-10-4-8-16-11(10)3-5-14-12/h3-5,8-9,13H,6-7H2,1-2H3,(H,14,15). The van der Waals surface area contributed by atoms with Crippen molar-refractivity contribution in [1.82, 2.24) is 10.3 Å². The van der Waals surface area contributed by atoms with Crippen molar-refractivity contribution >= 4 is 27.2 Å². The van der Waals surface area contributed by atoms with Gasteiger partial charge in [-0.2, -0.15) is 0 Å². The zero-order chi connectivity index (χ0) is 11.4. The van der Waals surface area contributed by atoms with Crippen LogP contribution < -0.4 is 10.6 Å². The number of pyridine rings is 1. The predicted molar refractivity (Wildman–Crippen MR) is 71.2 cm³/mol. The smallest absolute Gasteiger partial charge is 0.134 e. The van der Waals surface area contributed by atoms with Crippen LogP contribution in [0.4, 0.5) is 5.82 Å². The van der Waals surface area contributed by atoms with Crippen LogP contribution in [0.3, 0.4) is 0 Å². The summed E-state index contributed by atoms with van der Waals surface area (Å²) >= 11 is 1.75. The topological polar surface area (TPSA) is 37.0 Å². The monoisotopic (exact) mass is 235 g/mol. The van der Waals surface area contributed by atoms with Crippen LogP contribution in [-0.2, 0) is 0 Å². The molecule has 0 aliphatic heterocycles. The van der Waals surface area contributed by atoms with Gasteiger partial charge in [-0.15, -0.1) is 11.3 Å². The highest BCUT2D eigenvalue weighted by Gasteiger charge is 2.02. The Morgan fingerprint density at radius 3 is 3.00 bits per heavy atom. The second kappa shape index (κ2) is 5.27. The van der Waals surface area contributed by atoms with E-state index in [4.69, 9.17) is 0 Å². The van der Waals surface area contributed by atoms with Crippen LogP contribution >= 0.6 is 11.3 Å². The number of rotatable bonds is 5. The number of thiophene rings is 1. The summed E-state index contributed by atoms with van der Waals surface area (Å²) in [6.45, 7) is 6.16. The highest BCUT2D eigenvalue weighted by atomic mass is 32.1. The molecule has 2 aromatic heterocycles. The minimum atomic E-state index is 0.534. The van der Waals surface area contributed by atoms with Crippen molar-refractivity contribution in [3.63, 3.8) is 0 Å². The van der Waals surface area contributed by atoms with Crippen LogP contribution in [0.2, 0.25) is 0 Å². The zero-order valence-corrected chi connectivity index (χ0v) is 10.5. The molecule has 0 spiro atoms. The first kappa shape index (κ1) is 11.4.